The molecule has 0 saturated heterocycles. The van der Waals surface area contributed by atoms with Gasteiger partial charge in [0.2, 0.25) is 0 Å². The topological polar surface area (TPSA) is 53.4 Å². The summed E-state index contributed by atoms with van der Waals surface area (Å²) in [6.45, 7) is 1.97. The lowest BCUT2D eigenvalue weighted by atomic mass is 10.2. The first-order valence-electron chi connectivity index (χ1n) is 6.12. The van der Waals surface area contributed by atoms with Gasteiger partial charge in [0.1, 0.15) is 15.7 Å². The summed E-state index contributed by atoms with van der Waals surface area (Å²) in [5.74, 6) is -0.469. The first-order valence-corrected chi connectivity index (χ1v) is 6.94. The van der Waals surface area contributed by atoms with Gasteiger partial charge in [0, 0.05) is 19.2 Å². The fraction of sp³-hybridized carbons (Fsp3) is 0.286. The van der Waals surface area contributed by atoms with E-state index in [2.05, 4.69) is 4.98 Å². The van der Waals surface area contributed by atoms with Crippen LogP contribution in [0.2, 0.25) is 0 Å². The predicted molar refractivity (Wildman–Crippen MR) is 76.3 cm³/mol. The molecule has 0 spiro atoms. The van der Waals surface area contributed by atoms with Gasteiger partial charge in [0.05, 0.1) is 12.3 Å². The van der Waals surface area contributed by atoms with E-state index in [4.69, 9.17) is 5.11 Å². The number of carbonyl (C=O) groups is 1. The summed E-state index contributed by atoms with van der Waals surface area (Å²) >= 11 is 1.27. The largest absolute Gasteiger partial charge is 0.395 e. The lowest BCUT2D eigenvalue weighted by molar-refractivity contribution is 0.0771. The molecule has 1 aromatic heterocycles. The van der Waals surface area contributed by atoms with Gasteiger partial charge in [-0.05, 0) is 31.2 Å². The predicted octanol–water partition coefficient (Wildman–Crippen LogP) is 2.32. The van der Waals surface area contributed by atoms with E-state index in [0.29, 0.717) is 15.6 Å². The lowest BCUT2D eigenvalue weighted by Gasteiger charge is -2.14. The Labute approximate surface area is 120 Å². The molecule has 6 heteroatoms. The van der Waals surface area contributed by atoms with Crippen molar-refractivity contribution in [1.29, 1.82) is 0 Å². The van der Waals surface area contributed by atoms with Gasteiger partial charge in [-0.25, -0.2) is 9.37 Å². The van der Waals surface area contributed by atoms with E-state index in [1.54, 1.807) is 26.1 Å². The lowest BCUT2D eigenvalue weighted by Crippen LogP contribution is -2.29. The van der Waals surface area contributed by atoms with Crippen LogP contribution in [0.5, 0.6) is 0 Å². The second kappa shape index (κ2) is 6.11. The molecule has 0 aliphatic heterocycles. The molecule has 0 aliphatic carbocycles. The normalized spacial score (nSPS) is 10.6. The van der Waals surface area contributed by atoms with E-state index < -0.39 is 0 Å². The molecule has 20 heavy (non-hydrogen) atoms. The molecular formula is C14H15FN2O2S. The number of hydrogen-bond acceptors (Lipinski definition) is 4. The zero-order valence-electron chi connectivity index (χ0n) is 11.3. The Bertz CT molecular complexity index is 610. The number of hydrogen-bond donors (Lipinski definition) is 1. The van der Waals surface area contributed by atoms with Gasteiger partial charge in [0.15, 0.2) is 0 Å². The summed E-state index contributed by atoms with van der Waals surface area (Å²) in [5, 5.41) is 9.55. The average Bonchev–Trinajstić information content (AvgIpc) is 2.81. The molecule has 1 amide bonds. The van der Waals surface area contributed by atoms with Crippen LogP contribution in [0.1, 0.15) is 15.4 Å². The van der Waals surface area contributed by atoms with E-state index in [1.165, 1.54) is 28.4 Å². The Kier molecular flexibility index (Phi) is 4.46. The molecule has 1 heterocycles. The highest BCUT2D eigenvalue weighted by molar-refractivity contribution is 7.17. The summed E-state index contributed by atoms with van der Waals surface area (Å²) in [6, 6.07) is 6.01. The van der Waals surface area contributed by atoms with Crippen molar-refractivity contribution in [1.82, 2.24) is 9.88 Å². The van der Waals surface area contributed by atoms with E-state index in [-0.39, 0.29) is 24.9 Å². The first kappa shape index (κ1) is 14.6. The summed E-state index contributed by atoms with van der Waals surface area (Å²) in [4.78, 5) is 18.5. The Hall–Kier alpha value is -1.79. The average molecular weight is 294 g/mol. The molecule has 0 fully saturated rings. The van der Waals surface area contributed by atoms with Crippen LogP contribution in [0.15, 0.2) is 24.3 Å². The minimum atomic E-state index is -0.305. The van der Waals surface area contributed by atoms with E-state index in [0.717, 1.165) is 5.56 Å². The van der Waals surface area contributed by atoms with Gasteiger partial charge in [0.25, 0.3) is 5.91 Å². The van der Waals surface area contributed by atoms with Gasteiger partial charge in [-0.3, -0.25) is 4.79 Å². The number of carbonyl (C=O) groups excluding carboxylic acids is 1. The summed E-state index contributed by atoms with van der Waals surface area (Å²) < 4.78 is 12.9. The van der Waals surface area contributed by atoms with Crippen LogP contribution in [-0.2, 0) is 0 Å². The second-order valence-corrected chi connectivity index (χ2v) is 5.39. The quantitative estimate of drug-likeness (QED) is 0.941. The zero-order valence-corrected chi connectivity index (χ0v) is 12.1. The fourth-order valence-corrected chi connectivity index (χ4v) is 2.80. The number of aliphatic hydroxyl groups is 1. The molecule has 0 atom stereocenters. The first-order chi connectivity index (χ1) is 9.52. The van der Waals surface area contributed by atoms with Crippen LogP contribution in [0, 0.1) is 12.7 Å². The van der Waals surface area contributed by atoms with Crippen molar-refractivity contribution in [3.05, 3.63) is 40.7 Å². The molecule has 1 aromatic carbocycles. The van der Waals surface area contributed by atoms with Crippen molar-refractivity contribution < 1.29 is 14.3 Å². The summed E-state index contributed by atoms with van der Waals surface area (Å²) in [5.41, 5.74) is 1.42. The number of halogens is 1. The molecule has 0 bridgehead atoms. The molecule has 0 radical (unpaired) electrons. The van der Waals surface area contributed by atoms with Crippen LogP contribution in [-0.4, -0.2) is 41.1 Å². The third-order valence-electron chi connectivity index (χ3n) is 2.86. The van der Waals surface area contributed by atoms with Crippen LogP contribution >= 0.6 is 11.3 Å². The van der Waals surface area contributed by atoms with Gasteiger partial charge in [-0.15, -0.1) is 11.3 Å². The van der Waals surface area contributed by atoms with Crippen LogP contribution < -0.4 is 0 Å². The number of aromatic nitrogens is 1. The highest BCUT2D eigenvalue weighted by Crippen LogP contribution is 2.28. The minimum Gasteiger partial charge on any atom is -0.395 e. The van der Waals surface area contributed by atoms with Crippen LogP contribution in [0.3, 0.4) is 0 Å². The van der Waals surface area contributed by atoms with Crippen molar-refractivity contribution in [2.45, 2.75) is 6.92 Å². The molecule has 2 aromatic rings. The van der Waals surface area contributed by atoms with Crippen molar-refractivity contribution in [3.63, 3.8) is 0 Å². The van der Waals surface area contributed by atoms with E-state index in [1.807, 2.05) is 0 Å². The van der Waals surface area contributed by atoms with Crippen molar-refractivity contribution in [2.24, 2.45) is 0 Å². The molecule has 4 nitrogen and oxygen atoms in total. The Morgan fingerprint density at radius 2 is 2.05 bits per heavy atom. The van der Waals surface area contributed by atoms with E-state index in [9.17, 15) is 9.18 Å². The van der Waals surface area contributed by atoms with Crippen molar-refractivity contribution in [3.8, 4) is 10.6 Å². The molecule has 2 rings (SSSR count). The van der Waals surface area contributed by atoms with Crippen molar-refractivity contribution >= 4 is 17.2 Å². The third kappa shape index (κ3) is 3.02. The third-order valence-corrected chi connectivity index (χ3v) is 4.06. The number of nitrogens with zero attached hydrogens (tertiary/aromatic N) is 2. The zero-order chi connectivity index (χ0) is 14.7. The minimum absolute atomic E-state index is 0.0785. The Balaban J connectivity index is 2.30. The van der Waals surface area contributed by atoms with Crippen LogP contribution in [0.4, 0.5) is 4.39 Å². The Morgan fingerprint density at radius 1 is 1.40 bits per heavy atom. The SMILES string of the molecule is Cc1nc(-c2ccc(F)cc2)sc1C(=O)N(C)CCO. The van der Waals surface area contributed by atoms with Crippen LogP contribution in [0.25, 0.3) is 10.6 Å². The monoisotopic (exact) mass is 294 g/mol. The van der Waals surface area contributed by atoms with Crippen molar-refractivity contribution in [2.75, 3.05) is 20.2 Å². The maximum absolute atomic E-state index is 12.9. The number of thiazole rings is 1. The summed E-state index contributed by atoms with van der Waals surface area (Å²) in [7, 11) is 1.63. The Morgan fingerprint density at radius 3 is 2.65 bits per heavy atom. The van der Waals surface area contributed by atoms with Gasteiger partial charge in [-0.2, -0.15) is 0 Å². The number of likely N-dealkylation sites (N-methyl/N-ethyl adjacent to an activating group) is 1. The number of rotatable bonds is 4. The number of aliphatic hydroxyl groups excluding tert-OH is 1. The van der Waals surface area contributed by atoms with E-state index >= 15 is 0 Å². The molecule has 0 saturated carbocycles. The number of amides is 1. The molecule has 0 unspecified atom stereocenters. The molecule has 106 valence electrons. The maximum atomic E-state index is 12.9. The van der Waals surface area contributed by atoms with Gasteiger partial charge >= 0.3 is 0 Å². The maximum Gasteiger partial charge on any atom is 0.265 e. The highest BCUT2D eigenvalue weighted by atomic mass is 32.1. The van der Waals surface area contributed by atoms with Gasteiger partial charge in [-0.1, -0.05) is 0 Å². The molecular weight excluding hydrogens is 279 g/mol. The number of benzene rings is 1. The summed E-state index contributed by atoms with van der Waals surface area (Å²) in [6.07, 6.45) is 0. The second-order valence-electron chi connectivity index (χ2n) is 4.39. The number of aryl methyl sites for hydroxylation is 1. The highest BCUT2D eigenvalue weighted by Gasteiger charge is 2.19. The molecule has 1 N–H and O–H groups in total. The van der Waals surface area contributed by atoms with Gasteiger partial charge < -0.3 is 10.0 Å². The smallest absolute Gasteiger partial charge is 0.265 e. The fourth-order valence-electron chi connectivity index (χ4n) is 1.74. The molecule has 0 aliphatic rings. The standard InChI is InChI=1S/C14H15FN2O2S/c1-9-12(14(19)17(2)7-8-18)20-13(16-9)10-3-5-11(15)6-4-10/h3-6,18H,7-8H2,1-2H3.